The van der Waals surface area contributed by atoms with Crippen molar-refractivity contribution in [2.24, 2.45) is 11.8 Å². The van der Waals surface area contributed by atoms with Gasteiger partial charge in [-0.1, -0.05) is 42.5 Å². The van der Waals surface area contributed by atoms with Gasteiger partial charge in [0.1, 0.15) is 6.61 Å². The Hall–Kier alpha value is -1.69. The molecule has 26 heavy (non-hydrogen) atoms. The second-order valence-electron chi connectivity index (χ2n) is 7.24. The van der Waals surface area contributed by atoms with E-state index >= 15 is 0 Å². The molecule has 3 rings (SSSR count). The molecule has 2 heterocycles. The number of fused-ring (bicyclic) bond motifs is 2. The van der Waals surface area contributed by atoms with Crippen LogP contribution in [0.4, 0.5) is 0 Å². The van der Waals surface area contributed by atoms with Gasteiger partial charge in [0.05, 0.1) is 24.9 Å². The van der Waals surface area contributed by atoms with Crippen molar-refractivity contribution in [3.8, 4) is 0 Å². The van der Waals surface area contributed by atoms with Crippen LogP contribution in [0.25, 0.3) is 0 Å². The van der Waals surface area contributed by atoms with Crippen LogP contribution in [0.5, 0.6) is 0 Å². The van der Waals surface area contributed by atoms with E-state index in [-0.39, 0.29) is 6.61 Å². The molecule has 5 nitrogen and oxygen atoms in total. The average Bonchev–Trinajstić information content (AvgIpc) is 3.24. The number of carboxylic acids is 1. The Labute approximate surface area is 154 Å². The van der Waals surface area contributed by atoms with Crippen molar-refractivity contribution in [2.75, 3.05) is 13.2 Å². The molecule has 2 N–H and O–H groups in total. The zero-order chi connectivity index (χ0) is 18.4. The zero-order valence-corrected chi connectivity index (χ0v) is 15.0. The Morgan fingerprint density at radius 1 is 1.19 bits per heavy atom. The van der Waals surface area contributed by atoms with Crippen molar-refractivity contribution >= 4 is 5.97 Å². The third-order valence-corrected chi connectivity index (χ3v) is 5.56. The largest absolute Gasteiger partial charge is 0.480 e. The molecule has 0 radical (unpaired) electrons. The van der Waals surface area contributed by atoms with Crippen molar-refractivity contribution in [1.29, 1.82) is 0 Å². The van der Waals surface area contributed by atoms with Crippen LogP contribution in [0.3, 0.4) is 0 Å². The maximum atomic E-state index is 10.4. The molecule has 1 aromatic carbocycles. The molecule has 1 unspecified atom stereocenters. The minimum atomic E-state index is -0.947. The zero-order valence-electron chi connectivity index (χ0n) is 15.0. The fraction of sp³-hybridized carbons (Fsp3) is 0.571. The Balaban J connectivity index is 1.47. The molecule has 2 saturated heterocycles. The molecular formula is C21H28O5. The van der Waals surface area contributed by atoms with E-state index in [0.717, 1.165) is 37.7 Å². The second kappa shape index (κ2) is 9.31. The molecule has 1 aromatic rings. The van der Waals surface area contributed by atoms with E-state index in [4.69, 9.17) is 14.6 Å². The monoisotopic (exact) mass is 360 g/mol. The molecule has 0 spiro atoms. The van der Waals surface area contributed by atoms with E-state index in [1.165, 1.54) is 0 Å². The van der Waals surface area contributed by atoms with Crippen molar-refractivity contribution in [1.82, 2.24) is 0 Å². The predicted octanol–water partition coefficient (Wildman–Crippen LogP) is 3.34. The lowest BCUT2D eigenvalue weighted by Crippen LogP contribution is -2.27. The Morgan fingerprint density at radius 3 is 2.65 bits per heavy atom. The molecule has 2 aliphatic heterocycles. The molecule has 2 bridgehead atoms. The van der Waals surface area contributed by atoms with Crippen molar-refractivity contribution in [3.63, 3.8) is 0 Å². The Kier molecular flexibility index (Phi) is 6.83. The van der Waals surface area contributed by atoms with Gasteiger partial charge in [-0.3, -0.25) is 0 Å². The lowest BCUT2D eigenvalue weighted by molar-refractivity contribution is -0.141. The second-order valence-corrected chi connectivity index (χ2v) is 7.24. The van der Waals surface area contributed by atoms with Gasteiger partial charge in [-0.2, -0.15) is 0 Å². The van der Waals surface area contributed by atoms with E-state index in [1.54, 1.807) is 0 Å². The Morgan fingerprint density at radius 2 is 1.92 bits per heavy atom. The van der Waals surface area contributed by atoms with Gasteiger partial charge < -0.3 is 19.7 Å². The van der Waals surface area contributed by atoms with Crippen LogP contribution in [0.2, 0.25) is 0 Å². The number of aliphatic hydroxyl groups is 1. The summed E-state index contributed by atoms with van der Waals surface area (Å²) in [6.07, 6.45) is 9.08. The molecule has 0 aromatic heterocycles. The number of ether oxygens (including phenoxy) is 2. The van der Waals surface area contributed by atoms with Crippen molar-refractivity contribution in [3.05, 3.63) is 48.0 Å². The highest BCUT2D eigenvalue weighted by molar-refractivity contribution is 5.67. The number of carbonyl (C=O) groups is 1. The summed E-state index contributed by atoms with van der Waals surface area (Å²) >= 11 is 0. The van der Waals surface area contributed by atoms with Crippen molar-refractivity contribution < 1.29 is 24.5 Å². The first-order valence-corrected chi connectivity index (χ1v) is 9.48. The van der Waals surface area contributed by atoms with E-state index in [1.807, 2.05) is 36.4 Å². The van der Waals surface area contributed by atoms with Crippen LogP contribution in [-0.2, 0) is 14.3 Å². The number of allylic oxidation sites excluding steroid dienone is 1. The molecule has 0 saturated carbocycles. The van der Waals surface area contributed by atoms with Crippen LogP contribution < -0.4 is 0 Å². The van der Waals surface area contributed by atoms with Gasteiger partial charge in [0.15, 0.2) is 0 Å². The summed E-state index contributed by atoms with van der Waals surface area (Å²) in [4.78, 5) is 10.4. The number of rotatable bonds is 10. The summed E-state index contributed by atoms with van der Waals surface area (Å²) in [5.74, 6) is 0.0149. The summed E-state index contributed by atoms with van der Waals surface area (Å²) in [6, 6.07) is 9.82. The SMILES string of the molecule is O=C(O)COCC=CC[C@@H]1[C@H](CCC(O)c2ccccc2)[C@@H]2CC[C@H]1O2. The molecule has 142 valence electrons. The number of aliphatic hydroxyl groups excluding tert-OH is 1. The predicted molar refractivity (Wildman–Crippen MR) is 97.7 cm³/mol. The van der Waals surface area contributed by atoms with E-state index in [0.29, 0.717) is 30.7 Å². The minimum absolute atomic E-state index is 0.262. The van der Waals surface area contributed by atoms with Gasteiger partial charge in [-0.05, 0) is 49.5 Å². The maximum absolute atomic E-state index is 10.4. The minimum Gasteiger partial charge on any atom is -0.480 e. The van der Waals surface area contributed by atoms with Crippen LogP contribution >= 0.6 is 0 Å². The van der Waals surface area contributed by atoms with E-state index < -0.39 is 12.1 Å². The standard InChI is InChI=1S/C21H28O5/c22-18(15-6-2-1-3-7-15)10-9-17-16(19-11-12-20(17)26-19)8-4-5-13-25-14-21(23)24/h1-7,16-20,22H,8-14H2,(H,23,24)/t16-,17+,18?,19-,20+/m1/s1. The normalized spacial score (nSPS) is 28.7. The molecule has 0 aliphatic carbocycles. The number of benzene rings is 1. The smallest absolute Gasteiger partial charge is 0.329 e. The van der Waals surface area contributed by atoms with Gasteiger partial charge in [0, 0.05) is 0 Å². The van der Waals surface area contributed by atoms with Crippen LogP contribution in [-0.4, -0.2) is 41.6 Å². The van der Waals surface area contributed by atoms with Crippen LogP contribution in [0, 0.1) is 11.8 Å². The van der Waals surface area contributed by atoms with Gasteiger partial charge in [-0.25, -0.2) is 4.79 Å². The maximum Gasteiger partial charge on any atom is 0.329 e. The quantitative estimate of drug-likeness (QED) is 0.494. The first-order chi connectivity index (χ1) is 12.6. The van der Waals surface area contributed by atoms with Gasteiger partial charge in [0.2, 0.25) is 0 Å². The summed E-state index contributed by atoms with van der Waals surface area (Å²) in [5, 5.41) is 19.0. The molecule has 5 atom stereocenters. The van der Waals surface area contributed by atoms with E-state index in [2.05, 4.69) is 6.08 Å². The topological polar surface area (TPSA) is 76.0 Å². The summed E-state index contributed by atoms with van der Waals surface area (Å²) in [7, 11) is 0. The van der Waals surface area contributed by atoms with Gasteiger partial charge >= 0.3 is 5.97 Å². The molecule has 2 aliphatic rings. The van der Waals surface area contributed by atoms with Gasteiger partial charge in [-0.15, -0.1) is 0 Å². The lowest BCUT2D eigenvalue weighted by atomic mass is 9.75. The van der Waals surface area contributed by atoms with Gasteiger partial charge in [0.25, 0.3) is 0 Å². The highest BCUT2D eigenvalue weighted by Gasteiger charge is 2.47. The summed E-state index contributed by atoms with van der Waals surface area (Å²) < 4.78 is 11.1. The number of aliphatic carboxylic acids is 1. The highest BCUT2D eigenvalue weighted by Crippen LogP contribution is 2.47. The first kappa shape index (κ1) is 19.1. The third kappa shape index (κ3) is 4.93. The number of hydrogen-bond donors (Lipinski definition) is 2. The van der Waals surface area contributed by atoms with E-state index in [9.17, 15) is 9.90 Å². The average molecular weight is 360 g/mol. The third-order valence-electron chi connectivity index (χ3n) is 5.56. The fourth-order valence-corrected chi connectivity index (χ4v) is 4.32. The summed E-state index contributed by atoms with van der Waals surface area (Å²) in [5.41, 5.74) is 0.976. The van der Waals surface area contributed by atoms with Crippen LogP contribution in [0.15, 0.2) is 42.5 Å². The summed E-state index contributed by atoms with van der Waals surface area (Å²) in [6.45, 7) is 0.0624. The lowest BCUT2D eigenvalue weighted by Gasteiger charge is -2.28. The molecule has 0 amide bonds. The number of hydrogen-bond acceptors (Lipinski definition) is 4. The Bertz CT molecular complexity index is 600. The highest BCUT2D eigenvalue weighted by atomic mass is 16.5. The van der Waals surface area contributed by atoms with Crippen molar-refractivity contribution in [2.45, 2.75) is 50.4 Å². The molecular weight excluding hydrogens is 332 g/mol. The number of carboxylic acid groups (broad SMARTS) is 1. The fourth-order valence-electron chi connectivity index (χ4n) is 4.32. The molecule has 5 heteroatoms. The first-order valence-electron chi connectivity index (χ1n) is 9.48. The molecule has 2 fully saturated rings. The van der Waals surface area contributed by atoms with Crippen LogP contribution in [0.1, 0.15) is 43.8 Å².